The summed E-state index contributed by atoms with van der Waals surface area (Å²) in [6, 6.07) is 11.3. The van der Waals surface area contributed by atoms with Gasteiger partial charge in [-0.15, -0.1) is 0 Å². The van der Waals surface area contributed by atoms with Crippen LogP contribution in [0.3, 0.4) is 0 Å². The number of hydrogen-bond donors (Lipinski definition) is 2. The minimum atomic E-state index is 0.592. The number of aromatic nitrogens is 2. The second kappa shape index (κ2) is 8.11. The number of nitrogens with zero attached hydrogens (tertiary/aromatic N) is 3. The summed E-state index contributed by atoms with van der Waals surface area (Å²) in [5, 5.41) is 15.6. The molecule has 1 aliphatic carbocycles. The lowest BCUT2D eigenvalue weighted by molar-refractivity contribution is 0.679. The van der Waals surface area contributed by atoms with Gasteiger partial charge in [0, 0.05) is 12.7 Å². The predicted octanol–water partition coefficient (Wildman–Crippen LogP) is 4.39. The van der Waals surface area contributed by atoms with E-state index in [9.17, 15) is 0 Å². The Bertz CT molecular complexity index is 760. The minimum Gasteiger partial charge on any atom is -0.354 e. The van der Waals surface area contributed by atoms with Crippen LogP contribution >= 0.6 is 0 Å². The van der Waals surface area contributed by atoms with Crippen LogP contribution in [0, 0.1) is 11.3 Å². The van der Waals surface area contributed by atoms with Crippen LogP contribution in [0.15, 0.2) is 48.2 Å². The normalized spacial score (nSPS) is 13.7. The molecule has 24 heavy (non-hydrogen) atoms. The van der Waals surface area contributed by atoms with Crippen molar-refractivity contribution in [1.82, 2.24) is 9.97 Å². The predicted molar refractivity (Wildman–Crippen MR) is 96.1 cm³/mol. The summed E-state index contributed by atoms with van der Waals surface area (Å²) in [4.78, 5) is 8.72. The first-order valence-corrected chi connectivity index (χ1v) is 8.36. The molecule has 2 N–H and O–H groups in total. The average molecular weight is 319 g/mol. The highest BCUT2D eigenvalue weighted by atomic mass is 15.1. The van der Waals surface area contributed by atoms with E-state index in [1.54, 1.807) is 18.3 Å². The number of hydrogen-bond acceptors (Lipinski definition) is 5. The summed E-state index contributed by atoms with van der Waals surface area (Å²) in [6.07, 6.45) is 10.2. The van der Waals surface area contributed by atoms with Crippen molar-refractivity contribution < 1.29 is 0 Å². The molecule has 0 atom stereocenters. The number of para-hydroxylation sites is 1. The summed E-state index contributed by atoms with van der Waals surface area (Å²) in [7, 11) is 0. The van der Waals surface area contributed by atoms with Crippen LogP contribution in [0.1, 0.15) is 37.7 Å². The van der Waals surface area contributed by atoms with E-state index < -0.39 is 0 Å². The highest BCUT2D eigenvalue weighted by Gasteiger charge is 2.05. The van der Waals surface area contributed by atoms with Crippen molar-refractivity contribution in [2.45, 2.75) is 32.1 Å². The van der Waals surface area contributed by atoms with Crippen molar-refractivity contribution in [1.29, 1.82) is 5.26 Å². The number of rotatable bonds is 6. The number of nitrogens with one attached hydrogen (secondary N) is 2. The van der Waals surface area contributed by atoms with E-state index in [4.69, 9.17) is 5.26 Å². The zero-order valence-corrected chi connectivity index (χ0v) is 13.6. The largest absolute Gasteiger partial charge is 0.354 e. The topological polar surface area (TPSA) is 73.6 Å². The molecule has 0 bridgehead atoms. The smallest absolute Gasteiger partial charge is 0.224 e. The quantitative estimate of drug-likeness (QED) is 0.772. The van der Waals surface area contributed by atoms with Crippen LogP contribution in [0.4, 0.5) is 17.5 Å². The molecule has 0 amide bonds. The Morgan fingerprint density at radius 2 is 2.08 bits per heavy atom. The zero-order valence-electron chi connectivity index (χ0n) is 13.6. The highest BCUT2D eigenvalue weighted by Crippen LogP contribution is 2.21. The molecule has 5 nitrogen and oxygen atoms in total. The van der Waals surface area contributed by atoms with Crippen LogP contribution in [-0.4, -0.2) is 16.5 Å². The monoisotopic (exact) mass is 319 g/mol. The summed E-state index contributed by atoms with van der Waals surface area (Å²) in [5.74, 6) is 1.28. The fourth-order valence-corrected chi connectivity index (χ4v) is 2.81. The van der Waals surface area contributed by atoms with Gasteiger partial charge in [0.25, 0.3) is 0 Å². The maximum atomic E-state index is 9.15. The van der Waals surface area contributed by atoms with Gasteiger partial charge in [-0.1, -0.05) is 23.8 Å². The van der Waals surface area contributed by atoms with Gasteiger partial charge in [-0.3, -0.25) is 0 Å². The van der Waals surface area contributed by atoms with Crippen LogP contribution in [0.25, 0.3) is 0 Å². The second-order valence-corrected chi connectivity index (χ2v) is 5.83. The third kappa shape index (κ3) is 4.32. The minimum absolute atomic E-state index is 0.592. The Kier molecular flexibility index (Phi) is 5.41. The Morgan fingerprint density at radius 1 is 1.17 bits per heavy atom. The van der Waals surface area contributed by atoms with Gasteiger partial charge in [-0.05, 0) is 50.3 Å². The molecule has 0 radical (unpaired) electrons. The van der Waals surface area contributed by atoms with Gasteiger partial charge in [-0.2, -0.15) is 10.2 Å². The molecule has 1 aliphatic rings. The average Bonchev–Trinajstić information content (AvgIpc) is 2.63. The van der Waals surface area contributed by atoms with Gasteiger partial charge in [-0.25, -0.2) is 4.98 Å². The molecular formula is C19H21N5. The van der Waals surface area contributed by atoms with Gasteiger partial charge in [0.15, 0.2) is 0 Å². The molecule has 122 valence electrons. The lowest BCUT2D eigenvalue weighted by Crippen LogP contribution is -2.08. The zero-order chi connectivity index (χ0) is 16.6. The molecule has 2 aromatic rings. The van der Waals surface area contributed by atoms with Crippen molar-refractivity contribution in [3.05, 3.63) is 53.7 Å². The van der Waals surface area contributed by atoms with Gasteiger partial charge >= 0.3 is 0 Å². The van der Waals surface area contributed by atoms with E-state index in [0.29, 0.717) is 17.3 Å². The van der Waals surface area contributed by atoms with Crippen molar-refractivity contribution in [2.24, 2.45) is 0 Å². The fourth-order valence-electron chi connectivity index (χ4n) is 2.81. The third-order valence-electron chi connectivity index (χ3n) is 4.08. The summed E-state index contributed by atoms with van der Waals surface area (Å²) in [5.41, 5.74) is 2.87. The Hall–Kier alpha value is -2.87. The maximum Gasteiger partial charge on any atom is 0.224 e. The van der Waals surface area contributed by atoms with E-state index in [0.717, 1.165) is 18.7 Å². The van der Waals surface area contributed by atoms with Gasteiger partial charge in [0.1, 0.15) is 11.9 Å². The van der Waals surface area contributed by atoms with E-state index in [1.807, 2.05) is 18.2 Å². The number of anilines is 3. The first-order chi connectivity index (χ1) is 11.8. The van der Waals surface area contributed by atoms with E-state index in [2.05, 4.69) is 32.7 Å². The van der Waals surface area contributed by atoms with Crippen LogP contribution in [0.2, 0.25) is 0 Å². The molecule has 0 unspecified atom stereocenters. The molecule has 0 fully saturated rings. The number of benzene rings is 1. The molecule has 0 aliphatic heterocycles. The Balaban J connectivity index is 1.59. The molecule has 1 heterocycles. The summed E-state index contributed by atoms with van der Waals surface area (Å²) < 4.78 is 0. The maximum absolute atomic E-state index is 9.15. The fraction of sp³-hybridized carbons (Fsp3) is 0.316. The van der Waals surface area contributed by atoms with Crippen LogP contribution in [-0.2, 0) is 0 Å². The molecule has 0 saturated heterocycles. The first kappa shape index (κ1) is 16.0. The van der Waals surface area contributed by atoms with Crippen LogP contribution in [0.5, 0.6) is 0 Å². The first-order valence-electron chi connectivity index (χ1n) is 8.36. The third-order valence-corrected chi connectivity index (χ3v) is 4.08. The SMILES string of the molecule is N#Cc1ccccc1Nc1ccnc(NCCC2=CCCCC2)n1. The molecule has 3 rings (SSSR count). The van der Waals surface area contributed by atoms with Crippen molar-refractivity contribution in [3.63, 3.8) is 0 Å². The van der Waals surface area contributed by atoms with E-state index >= 15 is 0 Å². The standard InChI is InChI=1S/C19H21N5/c20-14-16-8-4-5-9-17(16)23-18-11-13-22-19(24-18)21-12-10-15-6-2-1-3-7-15/h4-6,8-9,11,13H,1-3,7,10,12H2,(H2,21,22,23,24). The number of nitriles is 1. The van der Waals surface area contributed by atoms with Crippen molar-refractivity contribution >= 4 is 17.5 Å². The van der Waals surface area contributed by atoms with Crippen molar-refractivity contribution in [3.8, 4) is 6.07 Å². The van der Waals surface area contributed by atoms with Gasteiger partial charge < -0.3 is 10.6 Å². The molecule has 1 aromatic heterocycles. The lowest BCUT2D eigenvalue weighted by atomic mass is 9.97. The molecule has 5 heteroatoms. The molecule has 0 spiro atoms. The van der Waals surface area contributed by atoms with E-state index in [1.165, 1.54) is 31.3 Å². The molecular weight excluding hydrogens is 298 g/mol. The summed E-state index contributed by atoms with van der Waals surface area (Å²) >= 11 is 0. The second-order valence-electron chi connectivity index (χ2n) is 5.83. The Labute approximate surface area is 142 Å². The van der Waals surface area contributed by atoms with Gasteiger partial charge in [0.05, 0.1) is 11.3 Å². The lowest BCUT2D eigenvalue weighted by Gasteiger charge is -2.13. The number of allylic oxidation sites excluding steroid dienone is 1. The summed E-state index contributed by atoms with van der Waals surface area (Å²) in [6.45, 7) is 0.837. The van der Waals surface area contributed by atoms with Crippen LogP contribution < -0.4 is 10.6 Å². The van der Waals surface area contributed by atoms with E-state index in [-0.39, 0.29) is 0 Å². The highest BCUT2D eigenvalue weighted by molar-refractivity contribution is 5.64. The molecule has 0 saturated carbocycles. The van der Waals surface area contributed by atoms with Gasteiger partial charge in [0.2, 0.25) is 5.95 Å². The molecule has 1 aromatic carbocycles. The van der Waals surface area contributed by atoms with Crippen molar-refractivity contribution in [2.75, 3.05) is 17.2 Å². The Morgan fingerprint density at radius 3 is 2.92 bits per heavy atom.